The molecule has 0 bridgehead atoms. The topological polar surface area (TPSA) is 142 Å². The second kappa shape index (κ2) is 12.5. The molecule has 40 heavy (non-hydrogen) atoms. The minimum absolute atomic E-state index is 0.0162. The maximum Gasteiger partial charge on any atom is 0.271 e. The third-order valence-electron chi connectivity index (χ3n) is 8.21. The van der Waals surface area contributed by atoms with Crippen molar-refractivity contribution in [1.82, 2.24) is 19.2 Å². The normalized spacial score (nSPS) is 19.7. The smallest absolute Gasteiger partial charge is 0.271 e. The third kappa shape index (κ3) is 6.90. The van der Waals surface area contributed by atoms with Crippen molar-refractivity contribution in [1.29, 1.82) is 0 Å². The lowest BCUT2D eigenvalue weighted by Crippen LogP contribution is -2.50. The van der Waals surface area contributed by atoms with Gasteiger partial charge < -0.3 is 20.9 Å². The van der Waals surface area contributed by atoms with Crippen LogP contribution in [-0.2, 0) is 14.8 Å². The molecule has 0 saturated carbocycles. The van der Waals surface area contributed by atoms with Crippen LogP contribution in [0, 0.1) is 5.92 Å². The number of benzene rings is 1. The molecular formula is C28H41N7O4S. The predicted molar refractivity (Wildman–Crippen MR) is 156 cm³/mol. The number of carbonyl (C=O) groups is 2. The first kappa shape index (κ1) is 29.7. The van der Waals surface area contributed by atoms with E-state index in [9.17, 15) is 18.0 Å². The molecule has 2 unspecified atom stereocenters. The highest BCUT2D eigenvalue weighted by molar-refractivity contribution is 7.88. The van der Waals surface area contributed by atoms with Crippen LogP contribution in [-0.4, -0.2) is 84.9 Å². The summed E-state index contributed by atoms with van der Waals surface area (Å²) < 4.78 is 25.2. The number of nitrogens with one attached hydrogen (secondary N) is 1. The maximum atomic E-state index is 12.8. The van der Waals surface area contributed by atoms with E-state index in [1.165, 1.54) is 10.6 Å². The highest BCUT2D eigenvalue weighted by Crippen LogP contribution is 2.31. The van der Waals surface area contributed by atoms with E-state index in [1.807, 2.05) is 50.1 Å². The molecule has 218 valence electrons. The third-order valence-corrected chi connectivity index (χ3v) is 9.51. The number of hydrogen-bond acceptors (Lipinski definition) is 8. The zero-order valence-corrected chi connectivity index (χ0v) is 24.7. The summed E-state index contributed by atoms with van der Waals surface area (Å²) in [5.41, 5.74) is 7.55. The lowest BCUT2D eigenvalue weighted by molar-refractivity contribution is -0.136. The number of primary amides is 1. The van der Waals surface area contributed by atoms with Crippen LogP contribution in [0.15, 0.2) is 30.5 Å². The molecule has 2 aromatic rings. The van der Waals surface area contributed by atoms with Gasteiger partial charge in [-0.3, -0.25) is 9.59 Å². The average Bonchev–Trinajstić information content (AvgIpc) is 2.96. The largest absolute Gasteiger partial charge is 0.364 e. The van der Waals surface area contributed by atoms with Crippen molar-refractivity contribution in [3.63, 3.8) is 0 Å². The van der Waals surface area contributed by atoms with Crippen molar-refractivity contribution >= 4 is 39.2 Å². The standard InChI is InChI=1S/C28H41N7O4S/c1-5-19(2)28(37)33(3)23-7-6-14-34(18-23)24-17-30-25(26(29)36)27(32-24)31-22-10-8-20(9-11-22)21-12-15-35(16-13-21)40(4,38)39/h8-11,17,19,21,23H,5-7,12-16,18H2,1-4H3,(H2,29,36)(H,31,32). The van der Waals surface area contributed by atoms with Crippen LogP contribution in [0.5, 0.6) is 0 Å². The Kier molecular flexibility index (Phi) is 9.29. The van der Waals surface area contributed by atoms with Crippen molar-refractivity contribution in [3.05, 3.63) is 41.7 Å². The summed E-state index contributed by atoms with van der Waals surface area (Å²) in [5.74, 6) is 0.648. The summed E-state index contributed by atoms with van der Waals surface area (Å²) in [4.78, 5) is 37.9. The van der Waals surface area contributed by atoms with E-state index in [1.54, 1.807) is 6.20 Å². The Balaban J connectivity index is 1.47. The van der Waals surface area contributed by atoms with Gasteiger partial charge in [0, 0.05) is 50.9 Å². The number of aromatic nitrogens is 2. The maximum absolute atomic E-state index is 12.8. The van der Waals surface area contributed by atoms with Gasteiger partial charge in [-0.1, -0.05) is 26.0 Å². The minimum Gasteiger partial charge on any atom is -0.364 e. The van der Waals surface area contributed by atoms with Gasteiger partial charge in [0.1, 0.15) is 5.82 Å². The summed E-state index contributed by atoms with van der Waals surface area (Å²) in [6.07, 6.45) is 7.00. The quantitative estimate of drug-likeness (QED) is 0.468. The van der Waals surface area contributed by atoms with Crippen LogP contribution in [0.2, 0.25) is 0 Å². The highest BCUT2D eigenvalue weighted by atomic mass is 32.2. The molecule has 2 atom stereocenters. The van der Waals surface area contributed by atoms with Crippen LogP contribution in [0.4, 0.5) is 17.3 Å². The van der Waals surface area contributed by atoms with E-state index in [4.69, 9.17) is 10.7 Å². The summed E-state index contributed by atoms with van der Waals surface area (Å²) in [7, 11) is -1.29. The van der Waals surface area contributed by atoms with E-state index in [0.717, 1.165) is 49.9 Å². The first-order valence-electron chi connectivity index (χ1n) is 14.0. The van der Waals surface area contributed by atoms with Crippen molar-refractivity contribution in [2.75, 3.05) is 49.7 Å². The van der Waals surface area contributed by atoms with Gasteiger partial charge in [0.05, 0.1) is 12.5 Å². The lowest BCUT2D eigenvalue weighted by Gasteiger charge is -2.39. The van der Waals surface area contributed by atoms with Gasteiger partial charge in [0.25, 0.3) is 5.91 Å². The number of rotatable bonds is 9. The molecule has 4 rings (SSSR count). The van der Waals surface area contributed by atoms with Crippen LogP contribution in [0.3, 0.4) is 0 Å². The molecule has 2 fully saturated rings. The van der Waals surface area contributed by atoms with Crippen LogP contribution in [0.25, 0.3) is 0 Å². The first-order chi connectivity index (χ1) is 19.0. The Morgan fingerprint density at radius 3 is 2.42 bits per heavy atom. The Morgan fingerprint density at radius 2 is 1.82 bits per heavy atom. The fourth-order valence-electron chi connectivity index (χ4n) is 5.48. The zero-order valence-electron chi connectivity index (χ0n) is 23.8. The van der Waals surface area contributed by atoms with Gasteiger partial charge in [-0.25, -0.2) is 22.7 Å². The number of anilines is 3. The minimum atomic E-state index is -3.16. The van der Waals surface area contributed by atoms with E-state index >= 15 is 0 Å². The number of amides is 2. The summed E-state index contributed by atoms with van der Waals surface area (Å²) in [5, 5.41) is 3.21. The van der Waals surface area contributed by atoms with Crippen molar-refractivity contribution in [3.8, 4) is 0 Å². The molecule has 2 aliphatic heterocycles. The first-order valence-corrected chi connectivity index (χ1v) is 15.8. The highest BCUT2D eigenvalue weighted by Gasteiger charge is 2.29. The Morgan fingerprint density at radius 1 is 1.15 bits per heavy atom. The van der Waals surface area contributed by atoms with E-state index < -0.39 is 15.9 Å². The fourth-order valence-corrected chi connectivity index (χ4v) is 6.35. The Hall–Kier alpha value is -3.25. The molecule has 0 radical (unpaired) electrons. The summed E-state index contributed by atoms with van der Waals surface area (Å²) in [6, 6.07) is 7.95. The lowest BCUT2D eigenvalue weighted by atomic mass is 9.90. The van der Waals surface area contributed by atoms with Gasteiger partial charge in [-0.15, -0.1) is 0 Å². The molecule has 0 spiro atoms. The number of likely N-dealkylation sites (N-methyl/N-ethyl adjacent to an activating group) is 1. The van der Waals surface area contributed by atoms with Crippen LogP contribution >= 0.6 is 0 Å². The molecule has 2 aliphatic rings. The van der Waals surface area contributed by atoms with Gasteiger partial charge >= 0.3 is 0 Å². The van der Waals surface area contributed by atoms with Gasteiger partial charge in [0.2, 0.25) is 15.9 Å². The molecule has 12 heteroatoms. The number of nitrogens with two attached hydrogens (primary N) is 1. The Labute approximate surface area is 237 Å². The van der Waals surface area contributed by atoms with Gasteiger partial charge in [-0.05, 0) is 55.7 Å². The number of sulfonamides is 1. The van der Waals surface area contributed by atoms with Gasteiger partial charge in [0.15, 0.2) is 11.5 Å². The number of hydrogen-bond donors (Lipinski definition) is 2. The van der Waals surface area contributed by atoms with Crippen LogP contribution in [0.1, 0.15) is 67.9 Å². The number of nitrogens with zero attached hydrogens (tertiary/aromatic N) is 5. The number of carbonyl (C=O) groups excluding carboxylic acids is 2. The molecule has 2 saturated heterocycles. The molecule has 2 amide bonds. The molecule has 1 aromatic heterocycles. The van der Waals surface area contributed by atoms with E-state index in [2.05, 4.69) is 15.2 Å². The molecule has 11 nitrogen and oxygen atoms in total. The van der Waals surface area contributed by atoms with E-state index in [-0.39, 0.29) is 35.3 Å². The molecule has 3 heterocycles. The zero-order chi connectivity index (χ0) is 29.0. The van der Waals surface area contributed by atoms with Crippen molar-refractivity contribution in [2.45, 2.75) is 57.9 Å². The van der Waals surface area contributed by atoms with Crippen LogP contribution < -0.4 is 16.0 Å². The summed E-state index contributed by atoms with van der Waals surface area (Å²) in [6.45, 7) is 6.43. The molecule has 3 N–H and O–H groups in total. The average molecular weight is 572 g/mol. The monoisotopic (exact) mass is 571 g/mol. The molecule has 1 aromatic carbocycles. The van der Waals surface area contributed by atoms with Gasteiger partial charge in [-0.2, -0.15) is 0 Å². The SMILES string of the molecule is CCC(C)C(=O)N(C)C1CCCN(c2cnc(C(N)=O)c(Nc3ccc(C4CCN(S(C)(=O)=O)CC4)cc3)n2)C1. The van der Waals surface area contributed by atoms with Crippen molar-refractivity contribution in [2.24, 2.45) is 11.7 Å². The molecular weight excluding hydrogens is 530 g/mol. The second-order valence-electron chi connectivity index (χ2n) is 11.0. The Bertz CT molecular complexity index is 1310. The second-order valence-corrected chi connectivity index (χ2v) is 13.0. The summed E-state index contributed by atoms with van der Waals surface area (Å²) >= 11 is 0. The predicted octanol–water partition coefficient (Wildman–Crippen LogP) is 2.93. The van der Waals surface area contributed by atoms with E-state index in [0.29, 0.717) is 25.5 Å². The fraction of sp³-hybridized carbons (Fsp3) is 0.571. The number of piperidine rings is 2. The molecule has 0 aliphatic carbocycles. The van der Waals surface area contributed by atoms with Crippen molar-refractivity contribution < 1.29 is 18.0 Å².